The molecule has 20 heavy (non-hydrogen) atoms. The predicted octanol–water partition coefficient (Wildman–Crippen LogP) is -0.584. The van der Waals surface area contributed by atoms with Crippen molar-refractivity contribution in [2.75, 3.05) is 27.3 Å². The zero-order valence-corrected chi connectivity index (χ0v) is 12.6. The second kappa shape index (κ2) is 10.2. The highest BCUT2D eigenvalue weighted by Crippen LogP contribution is 2.13. The summed E-state index contributed by atoms with van der Waals surface area (Å²) in [6.45, 7) is 3.98. The van der Waals surface area contributed by atoms with Crippen LogP contribution in [0.1, 0.15) is 26.7 Å². The van der Waals surface area contributed by atoms with Crippen molar-refractivity contribution < 1.29 is 19.1 Å². The van der Waals surface area contributed by atoms with E-state index in [0.29, 0.717) is 13.0 Å². The van der Waals surface area contributed by atoms with Gasteiger partial charge in [0, 0.05) is 33.2 Å². The zero-order chi connectivity index (χ0) is 15.5. The van der Waals surface area contributed by atoms with E-state index < -0.39 is 12.0 Å². The van der Waals surface area contributed by atoms with Gasteiger partial charge in [0.25, 0.3) is 0 Å². The molecule has 0 aromatic rings. The molecule has 0 bridgehead atoms. The summed E-state index contributed by atoms with van der Waals surface area (Å²) >= 11 is 0. The topological polar surface area (TPSA) is 96.5 Å². The van der Waals surface area contributed by atoms with Crippen LogP contribution in [-0.4, -0.2) is 51.1 Å². The number of hydrogen-bond acceptors (Lipinski definition) is 4. The van der Waals surface area contributed by atoms with E-state index >= 15 is 0 Å². The molecule has 2 unspecified atom stereocenters. The SMILES string of the molecule is CCOCC(=O)NC(CC(=O)NC)C(CC)C(=O)NC. The Bertz CT molecular complexity index is 334. The second-order valence-corrected chi connectivity index (χ2v) is 4.32. The zero-order valence-electron chi connectivity index (χ0n) is 12.6. The molecule has 7 heteroatoms. The lowest BCUT2D eigenvalue weighted by molar-refractivity contribution is -0.130. The van der Waals surface area contributed by atoms with E-state index in [1.807, 2.05) is 6.92 Å². The van der Waals surface area contributed by atoms with Crippen molar-refractivity contribution in [1.82, 2.24) is 16.0 Å². The fourth-order valence-electron chi connectivity index (χ4n) is 1.88. The third-order valence-electron chi connectivity index (χ3n) is 2.98. The molecular weight excluding hydrogens is 262 g/mol. The minimum Gasteiger partial charge on any atom is -0.372 e. The Morgan fingerprint density at radius 1 is 1.05 bits per heavy atom. The molecule has 7 nitrogen and oxygen atoms in total. The first-order valence-corrected chi connectivity index (χ1v) is 6.79. The molecule has 0 radical (unpaired) electrons. The molecule has 0 saturated carbocycles. The largest absolute Gasteiger partial charge is 0.372 e. The Morgan fingerprint density at radius 2 is 1.70 bits per heavy atom. The van der Waals surface area contributed by atoms with Crippen molar-refractivity contribution in [3.8, 4) is 0 Å². The number of amides is 3. The van der Waals surface area contributed by atoms with E-state index in [-0.39, 0.29) is 30.7 Å². The number of carbonyl (C=O) groups is 3. The van der Waals surface area contributed by atoms with Gasteiger partial charge < -0.3 is 20.7 Å². The van der Waals surface area contributed by atoms with E-state index in [0.717, 1.165) is 0 Å². The summed E-state index contributed by atoms with van der Waals surface area (Å²) in [5, 5.41) is 7.74. The standard InChI is InChI=1S/C13H25N3O4/c1-5-9(13(19)15-4)10(7-11(17)14-3)16-12(18)8-20-6-2/h9-10H,5-8H2,1-4H3,(H,14,17)(H,15,19)(H,16,18). The van der Waals surface area contributed by atoms with Gasteiger partial charge in [-0.3, -0.25) is 14.4 Å². The Hall–Kier alpha value is -1.63. The lowest BCUT2D eigenvalue weighted by atomic mass is 9.93. The quantitative estimate of drug-likeness (QED) is 0.528. The minimum atomic E-state index is -0.548. The normalized spacial score (nSPS) is 13.2. The van der Waals surface area contributed by atoms with Crippen LogP contribution in [0.25, 0.3) is 0 Å². The van der Waals surface area contributed by atoms with Gasteiger partial charge in [-0.25, -0.2) is 0 Å². The minimum absolute atomic E-state index is 0.0558. The van der Waals surface area contributed by atoms with Crippen molar-refractivity contribution in [1.29, 1.82) is 0 Å². The summed E-state index contributed by atoms with van der Waals surface area (Å²) in [6, 6.07) is -0.548. The van der Waals surface area contributed by atoms with E-state index in [4.69, 9.17) is 4.74 Å². The first-order chi connectivity index (χ1) is 9.49. The number of ether oxygens (including phenoxy) is 1. The molecule has 0 fully saturated rings. The predicted molar refractivity (Wildman–Crippen MR) is 75.0 cm³/mol. The van der Waals surface area contributed by atoms with Crippen LogP contribution in [0.5, 0.6) is 0 Å². The first kappa shape index (κ1) is 18.4. The second-order valence-electron chi connectivity index (χ2n) is 4.32. The van der Waals surface area contributed by atoms with Crippen LogP contribution < -0.4 is 16.0 Å². The van der Waals surface area contributed by atoms with Gasteiger partial charge in [-0.05, 0) is 13.3 Å². The maximum Gasteiger partial charge on any atom is 0.246 e. The smallest absolute Gasteiger partial charge is 0.246 e. The third-order valence-corrected chi connectivity index (χ3v) is 2.98. The fraction of sp³-hybridized carbons (Fsp3) is 0.769. The number of carbonyl (C=O) groups excluding carboxylic acids is 3. The molecular formula is C13H25N3O4. The van der Waals surface area contributed by atoms with Gasteiger partial charge >= 0.3 is 0 Å². The van der Waals surface area contributed by atoms with Gasteiger partial charge in [0.2, 0.25) is 17.7 Å². The molecule has 0 aliphatic heterocycles. The monoisotopic (exact) mass is 287 g/mol. The molecule has 116 valence electrons. The van der Waals surface area contributed by atoms with Gasteiger partial charge in [-0.2, -0.15) is 0 Å². The van der Waals surface area contributed by atoms with Crippen molar-refractivity contribution in [3.05, 3.63) is 0 Å². The van der Waals surface area contributed by atoms with E-state index in [1.54, 1.807) is 6.92 Å². The molecule has 2 atom stereocenters. The molecule has 0 aromatic heterocycles. The highest BCUT2D eigenvalue weighted by molar-refractivity contribution is 5.84. The van der Waals surface area contributed by atoms with Crippen LogP contribution in [0.3, 0.4) is 0 Å². The van der Waals surface area contributed by atoms with Crippen LogP contribution >= 0.6 is 0 Å². The van der Waals surface area contributed by atoms with Gasteiger partial charge in [0.15, 0.2) is 0 Å². The Balaban J connectivity index is 4.81. The van der Waals surface area contributed by atoms with Crippen LogP contribution in [0.2, 0.25) is 0 Å². The molecule has 0 saturated heterocycles. The molecule has 0 aromatic carbocycles. The van der Waals surface area contributed by atoms with Crippen molar-refractivity contribution in [2.24, 2.45) is 5.92 Å². The lowest BCUT2D eigenvalue weighted by Gasteiger charge is -2.25. The molecule has 0 heterocycles. The number of nitrogens with one attached hydrogen (secondary N) is 3. The molecule has 0 aliphatic carbocycles. The van der Waals surface area contributed by atoms with Crippen molar-refractivity contribution in [3.63, 3.8) is 0 Å². The number of hydrogen-bond donors (Lipinski definition) is 3. The molecule has 3 N–H and O–H groups in total. The summed E-state index contributed by atoms with van der Waals surface area (Å²) in [5.41, 5.74) is 0. The average molecular weight is 287 g/mol. The first-order valence-electron chi connectivity index (χ1n) is 6.79. The Labute approximate surface area is 119 Å². The van der Waals surface area contributed by atoms with Crippen LogP contribution in [0.4, 0.5) is 0 Å². The maximum absolute atomic E-state index is 11.8. The molecule has 0 rings (SSSR count). The van der Waals surface area contributed by atoms with Crippen LogP contribution in [0, 0.1) is 5.92 Å². The van der Waals surface area contributed by atoms with Gasteiger partial charge in [-0.1, -0.05) is 6.92 Å². The van der Waals surface area contributed by atoms with Crippen molar-refractivity contribution >= 4 is 17.7 Å². The summed E-state index contributed by atoms with van der Waals surface area (Å²) in [7, 11) is 3.05. The fourth-order valence-corrected chi connectivity index (χ4v) is 1.88. The van der Waals surface area contributed by atoms with E-state index in [9.17, 15) is 14.4 Å². The van der Waals surface area contributed by atoms with Crippen LogP contribution in [0.15, 0.2) is 0 Å². The van der Waals surface area contributed by atoms with Gasteiger partial charge in [0.1, 0.15) is 6.61 Å². The molecule has 0 aliphatic rings. The Kier molecular flexibility index (Phi) is 9.36. The van der Waals surface area contributed by atoms with E-state index in [1.165, 1.54) is 14.1 Å². The maximum atomic E-state index is 11.8. The highest BCUT2D eigenvalue weighted by atomic mass is 16.5. The van der Waals surface area contributed by atoms with Gasteiger partial charge in [-0.15, -0.1) is 0 Å². The lowest BCUT2D eigenvalue weighted by Crippen LogP contribution is -2.49. The van der Waals surface area contributed by atoms with E-state index in [2.05, 4.69) is 16.0 Å². The highest BCUT2D eigenvalue weighted by Gasteiger charge is 2.29. The molecule has 3 amide bonds. The third kappa shape index (κ3) is 6.51. The summed E-state index contributed by atoms with van der Waals surface area (Å²) in [6.07, 6.45) is 0.580. The van der Waals surface area contributed by atoms with Gasteiger partial charge in [0.05, 0.1) is 5.92 Å². The average Bonchev–Trinajstić information content (AvgIpc) is 2.45. The van der Waals surface area contributed by atoms with Crippen molar-refractivity contribution in [2.45, 2.75) is 32.7 Å². The Morgan fingerprint density at radius 3 is 2.15 bits per heavy atom. The van der Waals surface area contributed by atoms with Crippen LogP contribution in [-0.2, 0) is 19.1 Å². The summed E-state index contributed by atoms with van der Waals surface area (Å²) in [5.74, 6) is -1.21. The summed E-state index contributed by atoms with van der Waals surface area (Å²) < 4.78 is 5.01. The summed E-state index contributed by atoms with van der Waals surface area (Å²) in [4.78, 5) is 35.1. The molecule has 0 spiro atoms. The number of rotatable bonds is 9.